The van der Waals surface area contributed by atoms with E-state index < -0.39 is 0 Å². The lowest BCUT2D eigenvalue weighted by atomic mass is 10.0. The van der Waals surface area contributed by atoms with Crippen molar-refractivity contribution in [1.29, 1.82) is 0 Å². The Bertz CT molecular complexity index is 683. The summed E-state index contributed by atoms with van der Waals surface area (Å²) in [6.07, 6.45) is 2.21. The summed E-state index contributed by atoms with van der Waals surface area (Å²) in [6, 6.07) is 5.97. The van der Waals surface area contributed by atoms with Gasteiger partial charge in [0.05, 0.1) is 5.69 Å². The molecule has 0 aliphatic rings. The van der Waals surface area contributed by atoms with Crippen LogP contribution in [-0.4, -0.2) is 21.7 Å². The number of nitrogens with two attached hydrogens (primary N) is 1. The van der Waals surface area contributed by atoms with E-state index in [1.165, 1.54) is 6.39 Å². The van der Waals surface area contributed by atoms with Crippen LogP contribution >= 0.6 is 0 Å². The van der Waals surface area contributed by atoms with Crippen molar-refractivity contribution in [3.8, 4) is 11.1 Å². The fourth-order valence-electron chi connectivity index (χ4n) is 2.19. The highest BCUT2D eigenvalue weighted by Crippen LogP contribution is 2.28. The molecule has 3 aromatic rings. The lowest BCUT2D eigenvalue weighted by Crippen LogP contribution is -2.04. The number of H-pyrrole nitrogens is 1. The Hall–Kier alpha value is -2.14. The Labute approximate surface area is 104 Å². The topological polar surface area (TPSA) is 80.7 Å². The first-order chi connectivity index (χ1) is 8.79. The van der Waals surface area contributed by atoms with Crippen molar-refractivity contribution in [3.63, 3.8) is 0 Å². The van der Waals surface area contributed by atoms with E-state index in [0.29, 0.717) is 6.54 Å². The molecular formula is C13H14N4O. The lowest BCUT2D eigenvalue weighted by molar-refractivity contribution is 0.602. The molecule has 0 aliphatic heterocycles. The normalized spacial score (nSPS) is 11.2. The summed E-state index contributed by atoms with van der Waals surface area (Å²) in [5, 5.41) is 7.31. The van der Waals surface area contributed by atoms with Gasteiger partial charge >= 0.3 is 0 Å². The molecule has 1 aromatic carbocycles. The summed E-state index contributed by atoms with van der Waals surface area (Å²) in [4.78, 5) is 4.11. The molecule has 3 N–H and O–H groups in total. The molecule has 92 valence electrons. The first kappa shape index (κ1) is 11.0. The van der Waals surface area contributed by atoms with Crippen molar-refractivity contribution >= 4 is 11.1 Å². The monoisotopic (exact) mass is 242 g/mol. The first-order valence-corrected chi connectivity index (χ1v) is 5.87. The molecule has 0 atom stereocenters. The van der Waals surface area contributed by atoms with Crippen LogP contribution in [0, 0.1) is 6.92 Å². The Morgan fingerprint density at radius 3 is 3.11 bits per heavy atom. The van der Waals surface area contributed by atoms with Gasteiger partial charge in [-0.05, 0) is 31.2 Å². The van der Waals surface area contributed by atoms with Crippen LogP contribution < -0.4 is 5.73 Å². The van der Waals surface area contributed by atoms with E-state index in [9.17, 15) is 0 Å². The van der Waals surface area contributed by atoms with Crippen LogP contribution in [0.2, 0.25) is 0 Å². The van der Waals surface area contributed by atoms with Gasteiger partial charge in [0.1, 0.15) is 5.52 Å². The fourth-order valence-corrected chi connectivity index (χ4v) is 2.19. The summed E-state index contributed by atoms with van der Waals surface area (Å²) in [6.45, 7) is 2.59. The van der Waals surface area contributed by atoms with Crippen molar-refractivity contribution < 1.29 is 4.42 Å². The van der Waals surface area contributed by atoms with Crippen molar-refractivity contribution in [1.82, 2.24) is 15.2 Å². The van der Waals surface area contributed by atoms with Gasteiger partial charge in [-0.1, -0.05) is 6.07 Å². The molecule has 0 spiro atoms. The molecule has 18 heavy (non-hydrogen) atoms. The number of aryl methyl sites for hydroxylation is 1. The number of hydrogen-bond acceptors (Lipinski definition) is 4. The second kappa shape index (κ2) is 4.27. The molecule has 0 radical (unpaired) electrons. The second-order valence-electron chi connectivity index (χ2n) is 4.24. The SMILES string of the molecule is Cc1[nH]nc(CCN)c1-c1ccc2ncoc2c1. The number of rotatable bonds is 3. The summed E-state index contributed by atoms with van der Waals surface area (Å²) in [5.41, 5.74) is 11.5. The predicted molar refractivity (Wildman–Crippen MR) is 69.1 cm³/mol. The predicted octanol–water partition coefficient (Wildman–Crippen LogP) is 2.03. The van der Waals surface area contributed by atoms with Gasteiger partial charge in [-0.15, -0.1) is 0 Å². The van der Waals surface area contributed by atoms with E-state index in [4.69, 9.17) is 10.2 Å². The molecule has 0 saturated heterocycles. The van der Waals surface area contributed by atoms with Gasteiger partial charge in [0.25, 0.3) is 0 Å². The van der Waals surface area contributed by atoms with Gasteiger partial charge in [-0.25, -0.2) is 4.98 Å². The molecular weight excluding hydrogens is 228 g/mol. The Morgan fingerprint density at radius 2 is 2.28 bits per heavy atom. The van der Waals surface area contributed by atoms with Crippen LogP contribution in [0.1, 0.15) is 11.4 Å². The van der Waals surface area contributed by atoms with Gasteiger partial charge in [0, 0.05) is 17.7 Å². The number of oxazole rings is 1. The Morgan fingerprint density at radius 1 is 1.39 bits per heavy atom. The van der Waals surface area contributed by atoms with Crippen molar-refractivity contribution in [2.45, 2.75) is 13.3 Å². The maximum Gasteiger partial charge on any atom is 0.181 e. The number of benzene rings is 1. The molecule has 0 amide bonds. The summed E-state index contributed by atoms with van der Waals surface area (Å²) < 4.78 is 5.33. The van der Waals surface area contributed by atoms with Gasteiger partial charge < -0.3 is 10.2 Å². The van der Waals surface area contributed by atoms with Crippen LogP contribution in [0.3, 0.4) is 0 Å². The molecule has 2 heterocycles. The van der Waals surface area contributed by atoms with Gasteiger partial charge in [0.2, 0.25) is 0 Å². The Kier molecular flexibility index (Phi) is 2.60. The summed E-state index contributed by atoms with van der Waals surface area (Å²) in [5.74, 6) is 0. The maximum absolute atomic E-state index is 5.61. The number of aromatic amines is 1. The molecule has 0 bridgehead atoms. The smallest absolute Gasteiger partial charge is 0.181 e. The quantitative estimate of drug-likeness (QED) is 0.736. The average Bonchev–Trinajstić information content (AvgIpc) is 2.96. The van der Waals surface area contributed by atoms with Crippen LogP contribution in [0.4, 0.5) is 0 Å². The number of aromatic nitrogens is 3. The van der Waals surface area contributed by atoms with Crippen LogP contribution in [0.5, 0.6) is 0 Å². The molecule has 5 heteroatoms. The van der Waals surface area contributed by atoms with Crippen LogP contribution in [0.25, 0.3) is 22.2 Å². The van der Waals surface area contributed by atoms with Crippen molar-refractivity contribution in [3.05, 3.63) is 36.0 Å². The van der Waals surface area contributed by atoms with Gasteiger partial charge in [-0.2, -0.15) is 5.10 Å². The van der Waals surface area contributed by atoms with Crippen molar-refractivity contribution in [2.24, 2.45) is 5.73 Å². The minimum Gasteiger partial charge on any atom is -0.443 e. The molecule has 0 unspecified atom stereocenters. The van der Waals surface area contributed by atoms with E-state index in [0.717, 1.165) is 40.0 Å². The standard InChI is InChI=1S/C13H14N4O/c1-8-13(11(4-5-14)17-16-8)9-2-3-10-12(6-9)18-7-15-10/h2-3,6-7H,4-5,14H2,1H3,(H,16,17). The highest BCUT2D eigenvalue weighted by Gasteiger charge is 2.13. The number of hydrogen-bond donors (Lipinski definition) is 2. The maximum atomic E-state index is 5.61. The lowest BCUT2D eigenvalue weighted by Gasteiger charge is -2.03. The minimum absolute atomic E-state index is 0.585. The Balaban J connectivity index is 2.15. The zero-order chi connectivity index (χ0) is 12.5. The molecule has 0 aliphatic carbocycles. The highest BCUT2D eigenvalue weighted by atomic mass is 16.3. The van der Waals surface area contributed by atoms with E-state index in [1.807, 2.05) is 25.1 Å². The summed E-state index contributed by atoms with van der Waals surface area (Å²) >= 11 is 0. The van der Waals surface area contributed by atoms with Gasteiger partial charge in [0.15, 0.2) is 12.0 Å². The number of nitrogens with one attached hydrogen (secondary N) is 1. The molecule has 0 saturated carbocycles. The largest absolute Gasteiger partial charge is 0.443 e. The minimum atomic E-state index is 0.585. The van der Waals surface area contributed by atoms with Crippen LogP contribution in [-0.2, 0) is 6.42 Å². The zero-order valence-corrected chi connectivity index (χ0v) is 10.1. The molecule has 3 rings (SSSR count). The third-order valence-corrected chi connectivity index (χ3v) is 3.02. The van der Waals surface area contributed by atoms with Crippen molar-refractivity contribution in [2.75, 3.05) is 6.54 Å². The van der Waals surface area contributed by atoms with E-state index in [-0.39, 0.29) is 0 Å². The second-order valence-corrected chi connectivity index (χ2v) is 4.24. The average molecular weight is 242 g/mol. The van der Waals surface area contributed by atoms with Crippen LogP contribution in [0.15, 0.2) is 29.0 Å². The van der Waals surface area contributed by atoms with E-state index in [1.54, 1.807) is 0 Å². The van der Waals surface area contributed by atoms with E-state index in [2.05, 4.69) is 15.2 Å². The van der Waals surface area contributed by atoms with Gasteiger partial charge in [-0.3, -0.25) is 5.10 Å². The fraction of sp³-hybridized carbons (Fsp3) is 0.231. The third-order valence-electron chi connectivity index (χ3n) is 3.02. The molecule has 5 nitrogen and oxygen atoms in total. The third kappa shape index (κ3) is 1.69. The zero-order valence-electron chi connectivity index (χ0n) is 10.1. The molecule has 2 aromatic heterocycles. The first-order valence-electron chi connectivity index (χ1n) is 5.87. The highest BCUT2D eigenvalue weighted by molar-refractivity contribution is 5.81. The van der Waals surface area contributed by atoms with E-state index >= 15 is 0 Å². The summed E-state index contributed by atoms with van der Waals surface area (Å²) in [7, 11) is 0. The number of fused-ring (bicyclic) bond motifs is 1. The number of nitrogens with zero attached hydrogens (tertiary/aromatic N) is 2. The molecule has 0 fully saturated rings.